The molecule has 1 aliphatic heterocycles. The van der Waals surface area contributed by atoms with Crippen LogP contribution >= 0.6 is 0 Å². The SMILES string of the molecule is CC.CC.CC.CN1CCN(Cc2ccccc2)CC1. The summed E-state index contributed by atoms with van der Waals surface area (Å²) >= 11 is 0. The molecule has 0 N–H and O–H groups in total. The third-order valence-electron chi connectivity index (χ3n) is 2.84. The molecule has 0 saturated carbocycles. The van der Waals surface area contributed by atoms with Gasteiger partial charge in [-0.15, -0.1) is 0 Å². The van der Waals surface area contributed by atoms with Crippen molar-refractivity contribution in [3.8, 4) is 0 Å². The molecule has 0 aromatic heterocycles. The van der Waals surface area contributed by atoms with Gasteiger partial charge in [-0.1, -0.05) is 71.9 Å². The van der Waals surface area contributed by atoms with Crippen LogP contribution in [0.3, 0.4) is 0 Å². The third kappa shape index (κ3) is 9.99. The Morgan fingerprint density at radius 3 is 1.65 bits per heavy atom. The molecular formula is C18H36N2. The van der Waals surface area contributed by atoms with Gasteiger partial charge in [0.2, 0.25) is 0 Å². The van der Waals surface area contributed by atoms with E-state index in [2.05, 4.69) is 47.2 Å². The first-order valence-corrected chi connectivity index (χ1v) is 8.29. The minimum absolute atomic E-state index is 1.11. The second-order valence-electron chi connectivity index (χ2n) is 4.07. The van der Waals surface area contributed by atoms with Crippen molar-refractivity contribution in [1.29, 1.82) is 0 Å². The number of nitrogens with zero attached hydrogens (tertiary/aromatic N) is 2. The number of likely N-dealkylation sites (N-methyl/N-ethyl adjacent to an activating group) is 1. The van der Waals surface area contributed by atoms with Crippen LogP contribution in [0.15, 0.2) is 30.3 Å². The van der Waals surface area contributed by atoms with E-state index in [1.165, 1.54) is 31.7 Å². The van der Waals surface area contributed by atoms with Crippen molar-refractivity contribution in [2.75, 3.05) is 33.2 Å². The van der Waals surface area contributed by atoms with E-state index in [0.717, 1.165) is 6.54 Å². The topological polar surface area (TPSA) is 6.48 Å². The third-order valence-corrected chi connectivity index (χ3v) is 2.84. The van der Waals surface area contributed by atoms with Crippen molar-refractivity contribution < 1.29 is 0 Å². The average Bonchev–Trinajstić information content (AvgIpc) is 2.56. The highest BCUT2D eigenvalue weighted by Crippen LogP contribution is 2.06. The summed E-state index contributed by atoms with van der Waals surface area (Å²) in [5.41, 5.74) is 1.43. The number of hydrogen-bond donors (Lipinski definition) is 0. The molecule has 2 nitrogen and oxygen atoms in total. The number of rotatable bonds is 2. The predicted molar refractivity (Wildman–Crippen MR) is 93.3 cm³/mol. The summed E-state index contributed by atoms with van der Waals surface area (Å²) in [7, 11) is 2.19. The molecule has 20 heavy (non-hydrogen) atoms. The van der Waals surface area contributed by atoms with Crippen LogP contribution in [-0.2, 0) is 6.54 Å². The molecule has 0 atom stereocenters. The lowest BCUT2D eigenvalue weighted by Crippen LogP contribution is -2.43. The van der Waals surface area contributed by atoms with Gasteiger partial charge in [0.15, 0.2) is 0 Å². The zero-order chi connectivity index (χ0) is 15.8. The Morgan fingerprint density at radius 2 is 1.20 bits per heavy atom. The van der Waals surface area contributed by atoms with Crippen molar-refractivity contribution in [2.24, 2.45) is 0 Å². The molecule has 0 aliphatic carbocycles. The first-order valence-electron chi connectivity index (χ1n) is 8.29. The second-order valence-corrected chi connectivity index (χ2v) is 4.07. The van der Waals surface area contributed by atoms with E-state index in [0.29, 0.717) is 0 Å². The van der Waals surface area contributed by atoms with Crippen LogP contribution in [-0.4, -0.2) is 43.0 Å². The summed E-state index contributed by atoms with van der Waals surface area (Å²) in [6.07, 6.45) is 0. The lowest BCUT2D eigenvalue weighted by molar-refractivity contribution is 0.148. The van der Waals surface area contributed by atoms with Crippen molar-refractivity contribution >= 4 is 0 Å². The van der Waals surface area contributed by atoms with Gasteiger partial charge in [0.25, 0.3) is 0 Å². The molecule has 1 saturated heterocycles. The smallest absolute Gasteiger partial charge is 0.0234 e. The quantitative estimate of drug-likeness (QED) is 0.786. The van der Waals surface area contributed by atoms with Crippen molar-refractivity contribution in [3.05, 3.63) is 35.9 Å². The van der Waals surface area contributed by atoms with Gasteiger partial charge < -0.3 is 4.90 Å². The number of hydrogen-bond acceptors (Lipinski definition) is 2. The van der Waals surface area contributed by atoms with E-state index < -0.39 is 0 Å². The largest absolute Gasteiger partial charge is 0.304 e. The van der Waals surface area contributed by atoms with Gasteiger partial charge in [0, 0.05) is 32.7 Å². The van der Waals surface area contributed by atoms with Crippen LogP contribution in [0.1, 0.15) is 47.1 Å². The van der Waals surface area contributed by atoms with Gasteiger partial charge in [-0.05, 0) is 12.6 Å². The molecule has 0 unspecified atom stereocenters. The second kappa shape index (κ2) is 16.2. The van der Waals surface area contributed by atoms with Crippen molar-refractivity contribution in [2.45, 2.75) is 48.1 Å². The van der Waals surface area contributed by atoms with Gasteiger partial charge in [-0.25, -0.2) is 0 Å². The highest BCUT2D eigenvalue weighted by molar-refractivity contribution is 5.14. The zero-order valence-corrected chi connectivity index (χ0v) is 14.8. The standard InChI is InChI=1S/C12H18N2.3C2H6/c1-13-7-9-14(10-8-13)11-12-5-3-2-4-6-12;3*1-2/h2-6H,7-11H2,1H3;3*1-2H3. The Bertz CT molecular complexity index is 264. The predicted octanol–water partition coefficient (Wildman–Crippen LogP) is 4.51. The monoisotopic (exact) mass is 280 g/mol. The molecule has 1 aliphatic rings. The van der Waals surface area contributed by atoms with E-state index in [-0.39, 0.29) is 0 Å². The summed E-state index contributed by atoms with van der Waals surface area (Å²) in [4.78, 5) is 4.91. The van der Waals surface area contributed by atoms with E-state index in [1.54, 1.807) is 0 Å². The minimum atomic E-state index is 1.11. The summed E-state index contributed by atoms with van der Waals surface area (Å²) in [6.45, 7) is 17.9. The van der Waals surface area contributed by atoms with Gasteiger partial charge in [-0.3, -0.25) is 4.90 Å². The number of benzene rings is 1. The van der Waals surface area contributed by atoms with E-state index >= 15 is 0 Å². The Labute approximate surface area is 127 Å². The van der Waals surface area contributed by atoms with Crippen LogP contribution in [0.25, 0.3) is 0 Å². The fraction of sp³-hybridized carbons (Fsp3) is 0.667. The first kappa shape index (κ1) is 21.4. The fourth-order valence-corrected chi connectivity index (χ4v) is 1.85. The van der Waals surface area contributed by atoms with E-state index in [4.69, 9.17) is 0 Å². The molecule has 1 heterocycles. The zero-order valence-electron chi connectivity index (χ0n) is 14.8. The molecule has 0 bridgehead atoms. The lowest BCUT2D eigenvalue weighted by atomic mass is 10.2. The minimum Gasteiger partial charge on any atom is -0.304 e. The Morgan fingerprint density at radius 1 is 0.750 bits per heavy atom. The van der Waals surface area contributed by atoms with Crippen LogP contribution in [0, 0.1) is 0 Å². The van der Waals surface area contributed by atoms with Gasteiger partial charge in [0.1, 0.15) is 0 Å². The summed E-state index contributed by atoms with van der Waals surface area (Å²) < 4.78 is 0. The maximum Gasteiger partial charge on any atom is 0.0234 e. The Balaban J connectivity index is 0. The van der Waals surface area contributed by atoms with Gasteiger partial charge >= 0.3 is 0 Å². The summed E-state index contributed by atoms with van der Waals surface area (Å²) in [6, 6.07) is 10.7. The van der Waals surface area contributed by atoms with Gasteiger partial charge in [0.05, 0.1) is 0 Å². The van der Waals surface area contributed by atoms with Crippen LogP contribution < -0.4 is 0 Å². The molecule has 118 valence electrons. The van der Waals surface area contributed by atoms with Gasteiger partial charge in [-0.2, -0.15) is 0 Å². The van der Waals surface area contributed by atoms with Crippen molar-refractivity contribution in [1.82, 2.24) is 9.80 Å². The van der Waals surface area contributed by atoms with Crippen molar-refractivity contribution in [3.63, 3.8) is 0 Å². The molecule has 1 aromatic rings. The normalized spacial score (nSPS) is 14.8. The summed E-state index contributed by atoms with van der Waals surface area (Å²) in [5.74, 6) is 0. The fourth-order valence-electron chi connectivity index (χ4n) is 1.85. The summed E-state index contributed by atoms with van der Waals surface area (Å²) in [5, 5.41) is 0. The van der Waals surface area contributed by atoms with E-state index in [9.17, 15) is 0 Å². The molecule has 1 aromatic carbocycles. The lowest BCUT2D eigenvalue weighted by Gasteiger charge is -2.32. The molecule has 2 heteroatoms. The Kier molecular flexibility index (Phi) is 17.4. The van der Waals surface area contributed by atoms with Crippen LogP contribution in [0.2, 0.25) is 0 Å². The average molecular weight is 281 g/mol. The molecule has 2 rings (SSSR count). The highest BCUT2D eigenvalue weighted by atomic mass is 15.2. The maximum absolute atomic E-state index is 2.52. The van der Waals surface area contributed by atoms with Crippen LogP contribution in [0.4, 0.5) is 0 Å². The highest BCUT2D eigenvalue weighted by Gasteiger charge is 2.13. The molecular weight excluding hydrogens is 244 g/mol. The van der Waals surface area contributed by atoms with Crippen LogP contribution in [0.5, 0.6) is 0 Å². The van der Waals surface area contributed by atoms with E-state index in [1.807, 2.05) is 41.5 Å². The molecule has 0 spiro atoms. The number of piperazine rings is 1. The molecule has 1 fully saturated rings. The molecule has 0 amide bonds. The Hall–Kier alpha value is -0.860. The maximum atomic E-state index is 2.52. The first-order chi connectivity index (χ1) is 9.84. The molecule has 0 radical (unpaired) electrons.